The number of alkyl halides is 2. The van der Waals surface area contributed by atoms with Crippen molar-refractivity contribution < 1.29 is 18.4 Å². The molecule has 1 saturated heterocycles. The summed E-state index contributed by atoms with van der Waals surface area (Å²) in [6.07, 6.45) is -1.24. The Kier molecular flexibility index (Phi) is 8.67. The number of thiophene rings is 1. The Morgan fingerprint density at radius 1 is 1.26 bits per heavy atom. The lowest BCUT2D eigenvalue weighted by molar-refractivity contribution is -0.131. The van der Waals surface area contributed by atoms with Gasteiger partial charge in [-0.3, -0.25) is 14.9 Å². The lowest BCUT2D eigenvalue weighted by Gasteiger charge is -2.28. The van der Waals surface area contributed by atoms with E-state index >= 15 is 0 Å². The first-order valence-corrected chi connectivity index (χ1v) is 13.9. The van der Waals surface area contributed by atoms with Crippen LogP contribution >= 0.6 is 11.3 Å². The number of imidazole rings is 1. The van der Waals surface area contributed by atoms with Gasteiger partial charge in [-0.2, -0.15) is 5.26 Å². The van der Waals surface area contributed by atoms with Crippen molar-refractivity contribution in [3.8, 4) is 6.07 Å². The van der Waals surface area contributed by atoms with Crippen LogP contribution in [0.15, 0.2) is 30.3 Å². The highest BCUT2D eigenvalue weighted by atomic mass is 32.1. The molecule has 2 aromatic heterocycles. The fourth-order valence-electron chi connectivity index (χ4n) is 4.63. The van der Waals surface area contributed by atoms with Crippen molar-refractivity contribution in [2.24, 2.45) is 5.41 Å². The quantitative estimate of drug-likeness (QED) is 0.351. The van der Waals surface area contributed by atoms with Gasteiger partial charge in [-0.25, -0.2) is 13.8 Å². The van der Waals surface area contributed by atoms with Gasteiger partial charge in [0.15, 0.2) is 0 Å². The second-order valence-corrected chi connectivity index (χ2v) is 12.1. The molecule has 3 heterocycles. The third-order valence-electron chi connectivity index (χ3n) is 7.34. The molecule has 0 bridgehead atoms. The molecule has 4 rings (SSSR count). The maximum Gasteiger partial charge on any atom is 0.272 e. The van der Waals surface area contributed by atoms with E-state index in [1.165, 1.54) is 12.1 Å². The molecular formula is C28H34F2N6O2S. The van der Waals surface area contributed by atoms with E-state index in [4.69, 9.17) is 10.2 Å². The fourth-order valence-corrected chi connectivity index (χ4v) is 5.39. The standard InChI is InChI=1S/C28H34F2N6O2S/c1-17(28(2,3)4)32-15-18-7-8-21-20(14-18)33-27(34-26(38)23-10-9-22(39-23)25(29)30)36(21)16-19-6-5-13-35(19)24(37)11-12-31/h7-10,14,17,19,25,32H,5-6,11,13,15-16H2,1-4H3,(H,33,34,38)/t17-,19+/m0/s1. The predicted molar refractivity (Wildman–Crippen MR) is 148 cm³/mol. The van der Waals surface area contributed by atoms with Crippen molar-refractivity contribution >= 4 is 40.1 Å². The zero-order chi connectivity index (χ0) is 28.3. The number of carbonyl (C=O) groups excluding carboxylic acids is 2. The molecule has 3 aromatic rings. The summed E-state index contributed by atoms with van der Waals surface area (Å²) in [7, 11) is 0. The summed E-state index contributed by atoms with van der Waals surface area (Å²) in [6.45, 7) is 10.3. The maximum absolute atomic E-state index is 13.1. The van der Waals surface area contributed by atoms with Crippen molar-refractivity contribution in [1.82, 2.24) is 19.8 Å². The van der Waals surface area contributed by atoms with Gasteiger partial charge >= 0.3 is 0 Å². The molecular weight excluding hydrogens is 522 g/mol. The third-order valence-corrected chi connectivity index (χ3v) is 8.43. The van der Waals surface area contributed by atoms with Crippen LogP contribution in [0.3, 0.4) is 0 Å². The minimum absolute atomic E-state index is 0.102. The van der Waals surface area contributed by atoms with E-state index in [-0.39, 0.29) is 45.5 Å². The van der Waals surface area contributed by atoms with Crippen LogP contribution < -0.4 is 10.6 Å². The number of nitriles is 1. The number of rotatable bonds is 9. The van der Waals surface area contributed by atoms with Gasteiger partial charge in [0.1, 0.15) is 6.42 Å². The molecule has 208 valence electrons. The number of aromatic nitrogens is 2. The Hall–Kier alpha value is -3.36. The number of carbonyl (C=O) groups is 2. The van der Waals surface area contributed by atoms with Crippen molar-refractivity contribution in [3.05, 3.63) is 45.6 Å². The first-order chi connectivity index (χ1) is 18.5. The zero-order valence-electron chi connectivity index (χ0n) is 22.6. The fraction of sp³-hybridized carbons (Fsp3) is 0.500. The molecule has 1 aliphatic rings. The SMILES string of the molecule is C[C@H](NCc1ccc2c(c1)nc(NC(=O)c1ccc(C(F)F)s1)n2C[C@H]1CCCN1C(=O)CC#N)C(C)(C)C. The molecule has 1 aromatic carbocycles. The van der Waals surface area contributed by atoms with Crippen LogP contribution in [0.1, 0.15) is 73.5 Å². The second-order valence-electron chi connectivity index (χ2n) is 11.0. The second kappa shape index (κ2) is 11.8. The number of hydrogen-bond donors (Lipinski definition) is 2. The Morgan fingerprint density at radius 2 is 2.03 bits per heavy atom. The van der Waals surface area contributed by atoms with Crippen LogP contribution in [0.2, 0.25) is 0 Å². The molecule has 8 nitrogen and oxygen atoms in total. The number of nitrogens with zero attached hydrogens (tertiary/aromatic N) is 4. The van der Waals surface area contributed by atoms with E-state index in [1.807, 2.05) is 28.8 Å². The topological polar surface area (TPSA) is 103 Å². The van der Waals surface area contributed by atoms with E-state index < -0.39 is 12.3 Å². The van der Waals surface area contributed by atoms with Gasteiger partial charge in [0.25, 0.3) is 12.3 Å². The number of benzene rings is 1. The number of likely N-dealkylation sites (tertiary alicyclic amines) is 1. The van der Waals surface area contributed by atoms with Gasteiger partial charge in [-0.15, -0.1) is 11.3 Å². The summed E-state index contributed by atoms with van der Waals surface area (Å²) in [5.41, 5.74) is 2.61. The first-order valence-electron chi connectivity index (χ1n) is 13.1. The Bertz CT molecular complexity index is 1390. The number of halogens is 2. The smallest absolute Gasteiger partial charge is 0.272 e. The Labute approximate surface area is 231 Å². The summed E-state index contributed by atoms with van der Waals surface area (Å²) >= 11 is 0.746. The molecule has 2 atom stereocenters. The molecule has 0 radical (unpaired) electrons. The van der Waals surface area contributed by atoms with E-state index in [1.54, 1.807) is 4.90 Å². The molecule has 2 amide bonds. The van der Waals surface area contributed by atoms with E-state index in [0.717, 1.165) is 35.3 Å². The van der Waals surface area contributed by atoms with Crippen LogP contribution in [0.5, 0.6) is 0 Å². The summed E-state index contributed by atoms with van der Waals surface area (Å²) < 4.78 is 28.0. The van der Waals surface area contributed by atoms with Crippen LogP contribution in [0.4, 0.5) is 14.7 Å². The Balaban J connectivity index is 1.64. The van der Waals surface area contributed by atoms with Gasteiger partial charge in [0.2, 0.25) is 11.9 Å². The van der Waals surface area contributed by atoms with Crippen molar-refractivity contribution in [2.45, 2.75) is 78.6 Å². The molecule has 2 N–H and O–H groups in total. The van der Waals surface area contributed by atoms with Crippen molar-refractivity contribution in [2.75, 3.05) is 11.9 Å². The molecule has 1 fully saturated rings. The molecule has 1 aliphatic heterocycles. The lowest BCUT2D eigenvalue weighted by Crippen LogP contribution is -2.38. The van der Waals surface area contributed by atoms with E-state index in [0.29, 0.717) is 25.2 Å². The van der Waals surface area contributed by atoms with Gasteiger partial charge in [0.05, 0.1) is 26.9 Å². The van der Waals surface area contributed by atoms with Crippen molar-refractivity contribution in [3.63, 3.8) is 0 Å². The minimum atomic E-state index is -2.64. The van der Waals surface area contributed by atoms with Crippen LogP contribution in [0.25, 0.3) is 11.0 Å². The summed E-state index contributed by atoms with van der Waals surface area (Å²) in [5, 5.41) is 15.4. The number of amides is 2. The highest BCUT2D eigenvalue weighted by Gasteiger charge is 2.30. The van der Waals surface area contributed by atoms with Gasteiger partial charge in [-0.1, -0.05) is 26.8 Å². The number of hydrogen-bond acceptors (Lipinski definition) is 6. The molecule has 0 unspecified atom stereocenters. The molecule has 39 heavy (non-hydrogen) atoms. The number of nitrogens with one attached hydrogen (secondary N) is 2. The van der Waals surface area contributed by atoms with Crippen molar-refractivity contribution in [1.29, 1.82) is 5.26 Å². The average molecular weight is 557 g/mol. The maximum atomic E-state index is 13.1. The summed E-state index contributed by atoms with van der Waals surface area (Å²) in [6, 6.07) is 10.6. The van der Waals surface area contributed by atoms with Crippen LogP contribution in [-0.2, 0) is 17.9 Å². The van der Waals surface area contributed by atoms with Crippen LogP contribution in [-0.4, -0.2) is 44.9 Å². The van der Waals surface area contributed by atoms with Crippen LogP contribution in [0, 0.1) is 16.7 Å². The molecule has 0 aliphatic carbocycles. The highest BCUT2D eigenvalue weighted by molar-refractivity contribution is 7.14. The third kappa shape index (κ3) is 6.62. The normalized spacial score (nSPS) is 16.6. The van der Waals surface area contributed by atoms with E-state index in [9.17, 15) is 18.4 Å². The average Bonchev–Trinajstić information content (AvgIpc) is 3.61. The minimum Gasteiger partial charge on any atom is -0.337 e. The predicted octanol–water partition coefficient (Wildman–Crippen LogP) is 5.72. The number of fused-ring (bicyclic) bond motifs is 1. The molecule has 0 spiro atoms. The molecule has 0 saturated carbocycles. The monoisotopic (exact) mass is 556 g/mol. The highest BCUT2D eigenvalue weighted by Crippen LogP contribution is 2.30. The van der Waals surface area contributed by atoms with Gasteiger partial charge in [-0.05, 0) is 55.0 Å². The lowest BCUT2D eigenvalue weighted by atomic mass is 9.88. The Morgan fingerprint density at radius 3 is 2.69 bits per heavy atom. The largest absolute Gasteiger partial charge is 0.337 e. The molecule has 11 heteroatoms. The number of anilines is 1. The summed E-state index contributed by atoms with van der Waals surface area (Å²) in [5.74, 6) is -0.447. The zero-order valence-corrected chi connectivity index (χ0v) is 23.4. The van der Waals surface area contributed by atoms with Gasteiger partial charge in [0, 0.05) is 31.7 Å². The van der Waals surface area contributed by atoms with Gasteiger partial charge < -0.3 is 14.8 Å². The summed E-state index contributed by atoms with van der Waals surface area (Å²) in [4.78, 5) is 32.0. The first kappa shape index (κ1) is 28.6. The van der Waals surface area contributed by atoms with E-state index in [2.05, 4.69) is 38.3 Å².